The Morgan fingerprint density at radius 3 is 2.60 bits per heavy atom. The number of sulfonamides is 1. The fraction of sp³-hybridized carbons (Fsp3) is 0.381. The largest absolute Gasteiger partial charge is 0.492 e. The Balaban J connectivity index is 2.17. The van der Waals surface area contributed by atoms with Gasteiger partial charge in [0, 0.05) is 23.7 Å². The fourth-order valence-electron chi connectivity index (χ4n) is 2.56. The molecule has 0 fully saturated rings. The number of halogens is 1. The number of benzene rings is 2. The number of carbonyl (C=O) groups excluding carboxylic acids is 1. The van der Waals surface area contributed by atoms with Gasteiger partial charge in [0.05, 0.1) is 23.3 Å². The van der Waals surface area contributed by atoms with E-state index in [1.54, 1.807) is 25.1 Å². The van der Waals surface area contributed by atoms with E-state index in [1.807, 2.05) is 13.8 Å². The molecule has 0 bridgehead atoms. The summed E-state index contributed by atoms with van der Waals surface area (Å²) in [4.78, 5) is 12.6. The summed E-state index contributed by atoms with van der Waals surface area (Å²) >= 11 is 5.94. The van der Waals surface area contributed by atoms with Crippen LogP contribution in [0.5, 0.6) is 5.75 Å². The SMILES string of the molecule is CCOc1ccc(S(=O)(=O)NCCCOC(C)C)cc1NC(=O)c1cccc(Cl)c1. The Hall–Kier alpha value is -2.13. The lowest BCUT2D eigenvalue weighted by molar-refractivity contribution is 0.0778. The molecule has 2 aromatic rings. The molecule has 0 aliphatic heterocycles. The first-order valence-corrected chi connectivity index (χ1v) is 11.5. The standard InChI is InChI=1S/C21H27ClN2O5S/c1-4-28-20-10-9-18(30(26,27)23-11-6-12-29-15(2)3)14-19(20)24-21(25)16-7-5-8-17(22)13-16/h5,7-10,13-15,23H,4,6,11-12H2,1-3H3,(H,24,25). The van der Waals surface area contributed by atoms with Gasteiger partial charge in [-0.05, 0) is 63.6 Å². The van der Waals surface area contributed by atoms with E-state index < -0.39 is 15.9 Å². The number of hydrogen-bond donors (Lipinski definition) is 2. The number of hydrogen-bond acceptors (Lipinski definition) is 5. The average molecular weight is 455 g/mol. The molecule has 0 aromatic heterocycles. The maximum Gasteiger partial charge on any atom is 0.255 e. The van der Waals surface area contributed by atoms with Crippen LogP contribution < -0.4 is 14.8 Å². The molecule has 0 saturated carbocycles. The molecule has 0 aliphatic rings. The molecule has 1 amide bonds. The van der Waals surface area contributed by atoms with Crippen molar-refractivity contribution >= 4 is 33.2 Å². The second-order valence-corrected chi connectivity index (χ2v) is 8.93. The van der Waals surface area contributed by atoms with E-state index in [0.717, 1.165) is 0 Å². The van der Waals surface area contributed by atoms with Crippen molar-refractivity contribution in [3.05, 3.63) is 53.1 Å². The molecule has 2 rings (SSSR count). The second kappa shape index (κ2) is 11.3. The van der Waals surface area contributed by atoms with Crippen LogP contribution in [0, 0.1) is 0 Å². The third-order valence-corrected chi connectivity index (χ3v) is 5.65. The van der Waals surface area contributed by atoms with E-state index in [1.165, 1.54) is 24.3 Å². The molecule has 0 atom stereocenters. The molecule has 0 radical (unpaired) electrons. The summed E-state index contributed by atoms with van der Waals surface area (Å²) in [5, 5.41) is 3.13. The van der Waals surface area contributed by atoms with Gasteiger partial charge in [-0.25, -0.2) is 13.1 Å². The van der Waals surface area contributed by atoms with Gasteiger partial charge in [0.15, 0.2) is 0 Å². The molecule has 164 valence electrons. The monoisotopic (exact) mass is 454 g/mol. The van der Waals surface area contributed by atoms with Crippen LogP contribution in [-0.2, 0) is 14.8 Å². The van der Waals surface area contributed by atoms with Crippen molar-refractivity contribution < 1.29 is 22.7 Å². The number of anilines is 1. The van der Waals surface area contributed by atoms with Crippen LogP contribution in [0.15, 0.2) is 47.4 Å². The smallest absolute Gasteiger partial charge is 0.255 e. The van der Waals surface area contributed by atoms with Crippen molar-refractivity contribution in [3.8, 4) is 5.75 Å². The van der Waals surface area contributed by atoms with Gasteiger partial charge >= 0.3 is 0 Å². The van der Waals surface area contributed by atoms with Crippen molar-refractivity contribution in [2.24, 2.45) is 0 Å². The highest BCUT2D eigenvalue weighted by atomic mass is 35.5. The summed E-state index contributed by atoms with van der Waals surface area (Å²) in [6, 6.07) is 10.8. The summed E-state index contributed by atoms with van der Waals surface area (Å²) in [6.45, 7) is 6.71. The van der Waals surface area contributed by atoms with Crippen LogP contribution in [0.4, 0.5) is 5.69 Å². The van der Waals surface area contributed by atoms with E-state index in [4.69, 9.17) is 21.1 Å². The Kier molecular flexibility index (Phi) is 9.10. The van der Waals surface area contributed by atoms with Gasteiger partial charge in [-0.2, -0.15) is 0 Å². The first-order chi connectivity index (χ1) is 14.2. The number of amides is 1. The topological polar surface area (TPSA) is 93.7 Å². The van der Waals surface area contributed by atoms with Crippen LogP contribution in [0.2, 0.25) is 5.02 Å². The van der Waals surface area contributed by atoms with Crippen molar-refractivity contribution in [1.82, 2.24) is 4.72 Å². The zero-order valence-corrected chi connectivity index (χ0v) is 18.8. The maximum absolute atomic E-state index is 12.6. The predicted octanol–water partition coefficient (Wildman–Crippen LogP) is 4.08. The molecule has 0 saturated heterocycles. The number of rotatable bonds is 11. The van der Waals surface area contributed by atoms with Gasteiger partial charge in [0.25, 0.3) is 5.91 Å². The molecule has 30 heavy (non-hydrogen) atoms. The minimum atomic E-state index is -3.76. The normalized spacial score (nSPS) is 11.5. The van der Waals surface area contributed by atoms with Crippen molar-refractivity contribution in [2.45, 2.75) is 38.2 Å². The molecule has 7 nitrogen and oxygen atoms in total. The molecule has 2 N–H and O–H groups in total. The zero-order chi connectivity index (χ0) is 22.1. The van der Waals surface area contributed by atoms with E-state index >= 15 is 0 Å². The Bertz CT molecular complexity index is 964. The summed E-state index contributed by atoms with van der Waals surface area (Å²) in [5.74, 6) is -0.0519. The highest BCUT2D eigenvalue weighted by Crippen LogP contribution is 2.28. The van der Waals surface area contributed by atoms with Crippen LogP contribution in [-0.4, -0.2) is 40.2 Å². The first-order valence-electron chi connectivity index (χ1n) is 9.68. The zero-order valence-electron chi connectivity index (χ0n) is 17.3. The predicted molar refractivity (Wildman–Crippen MR) is 118 cm³/mol. The lowest BCUT2D eigenvalue weighted by atomic mass is 10.2. The van der Waals surface area contributed by atoms with E-state index in [9.17, 15) is 13.2 Å². The Morgan fingerprint density at radius 1 is 1.17 bits per heavy atom. The third-order valence-electron chi connectivity index (χ3n) is 3.96. The molecule has 0 heterocycles. The van der Waals surface area contributed by atoms with Gasteiger partial charge in [0.1, 0.15) is 5.75 Å². The molecular weight excluding hydrogens is 428 g/mol. The number of nitrogens with one attached hydrogen (secondary N) is 2. The lowest BCUT2D eigenvalue weighted by Gasteiger charge is -2.14. The molecule has 0 spiro atoms. The quantitative estimate of drug-likeness (QED) is 0.499. The third kappa shape index (κ3) is 7.28. The van der Waals surface area contributed by atoms with Crippen LogP contribution >= 0.6 is 11.6 Å². The summed E-state index contributed by atoms with van der Waals surface area (Å²) in [6.07, 6.45) is 0.644. The van der Waals surface area contributed by atoms with Gasteiger partial charge in [-0.3, -0.25) is 4.79 Å². The van der Waals surface area contributed by atoms with Gasteiger partial charge in [0.2, 0.25) is 10.0 Å². The van der Waals surface area contributed by atoms with Gasteiger partial charge in [-0.15, -0.1) is 0 Å². The van der Waals surface area contributed by atoms with Crippen molar-refractivity contribution in [1.29, 1.82) is 0 Å². The molecule has 0 unspecified atom stereocenters. The van der Waals surface area contributed by atoms with Crippen molar-refractivity contribution in [3.63, 3.8) is 0 Å². The fourth-order valence-corrected chi connectivity index (χ4v) is 3.85. The molecule has 2 aromatic carbocycles. The molecular formula is C21H27ClN2O5S. The minimum absolute atomic E-state index is 0.0251. The average Bonchev–Trinajstić information content (AvgIpc) is 2.68. The number of ether oxygens (including phenoxy) is 2. The Morgan fingerprint density at radius 2 is 1.93 bits per heavy atom. The first kappa shape index (κ1) is 24.1. The second-order valence-electron chi connectivity index (χ2n) is 6.73. The van der Waals surface area contributed by atoms with E-state index in [-0.39, 0.29) is 23.2 Å². The van der Waals surface area contributed by atoms with Crippen LogP contribution in [0.3, 0.4) is 0 Å². The maximum atomic E-state index is 12.6. The van der Waals surface area contributed by atoms with E-state index in [2.05, 4.69) is 10.0 Å². The lowest BCUT2D eigenvalue weighted by Crippen LogP contribution is -2.26. The van der Waals surface area contributed by atoms with Crippen LogP contribution in [0.1, 0.15) is 37.6 Å². The number of carbonyl (C=O) groups is 1. The summed E-state index contributed by atoms with van der Waals surface area (Å²) in [7, 11) is -3.76. The van der Waals surface area contributed by atoms with E-state index in [0.29, 0.717) is 36.0 Å². The minimum Gasteiger partial charge on any atom is -0.492 e. The summed E-state index contributed by atoms with van der Waals surface area (Å²) in [5.41, 5.74) is 0.606. The highest BCUT2D eigenvalue weighted by Gasteiger charge is 2.18. The van der Waals surface area contributed by atoms with Gasteiger partial charge in [-0.1, -0.05) is 17.7 Å². The summed E-state index contributed by atoms with van der Waals surface area (Å²) < 4.78 is 38.7. The van der Waals surface area contributed by atoms with Crippen molar-refractivity contribution in [2.75, 3.05) is 25.1 Å². The van der Waals surface area contributed by atoms with Crippen LogP contribution in [0.25, 0.3) is 0 Å². The Labute approximate surface area is 182 Å². The van der Waals surface area contributed by atoms with Gasteiger partial charge < -0.3 is 14.8 Å². The highest BCUT2D eigenvalue weighted by molar-refractivity contribution is 7.89. The molecule has 9 heteroatoms. The molecule has 0 aliphatic carbocycles.